The van der Waals surface area contributed by atoms with Gasteiger partial charge in [-0.1, -0.05) is 0 Å². The predicted octanol–water partition coefficient (Wildman–Crippen LogP) is 2.74. The highest BCUT2D eigenvalue weighted by atomic mass is 16.6. The molecule has 0 aliphatic heterocycles. The lowest BCUT2D eigenvalue weighted by Crippen LogP contribution is -1.88. The summed E-state index contributed by atoms with van der Waals surface area (Å²) in [7, 11) is 0. The number of hydrogen-bond acceptors (Lipinski definition) is 8. The van der Waals surface area contributed by atoms with Crippen LogP contribution in [0.1, 0.15) is 5.56 Å². The van der Waals surface area contributed by atoms with Crippen LogP contribution in [-0.4, -0.2) is 20.3 Å². The Labute approximate surface area is 128 Å². The molecule has 3 N–H and O–H groups in total. The number of anilines is 1. The number of azo groups is 1. The molecule has 1 heterocycles. The van der Waals surface area contributed by atoms with Crippen molar-refractivity contribution in [2.45, 2.75) is 0 Å². The van der Waals surface area contributed by atoms with E-state index in [0.29, 0.717) is 22.4 Å². The molecule has 0 amide bonds. The van der Waals surface area contributed by atoms with Crippen molar-refractivity contribution in [1.29, 1.82) is 5.26 Å². The Kier molecular flexibility index (Phi) is 3.36. The zero-order valence-electron chi connectivity index (χ0n) is 11.5. The van der Waals surface area contributed by atoms with Crippen LogP contribution < -0.4 is 5.73 Å². The van der Waals surface area contributed by atoms with Crippen LogP contribution in [0.15, 0.2) is 40.6 Å². The van der Waals surface area contributed by atoms with Crippen LogP contribution in [0.4, 0.5) is 22.7 Å². The fraction of sp³-hybridized carbons (Fsp3) is 0. The van der Waals surface area contributed by atoms with Gasteiger partial charge in [-0.2, -0.15) is 20.7 Å². The molecule has 3 rings (SSSR count). The maximum atomic E-state index is 10.7. The van der Waals surface area contributed by atoms with E-state index < -0.39 is 4.92 Å². The lowest BCUT2D eigenvalue weighted by molar-refractivity contribution is -0.384. The van der Waals surface area contributed by atoms with E-state index in [0.717, 1.165) is 6.07 Å². The molecule has 0 fully saturated rings. The minimum Gasteiger partial charge on any atom is -0.397 e. The SMILES string of the molecule is N#Cc1cc([N+](=O)[O-])ccc1N=Nc1c(N)ccc2n[nH]nc12. The number of fused-ring (bicyclic) bond motifs is 1. The van der Waals surface area contributed by atoms with Crippen molar-refractivity contribution in [3.63, 3.8) is 0 Å². The number of nitrogen functional groups attached to an aromatic ring is 1. The van der Waals surface area contributed by atoms with Gasteiger partial charge in [-0.05, 0) is 18.2 Å². The van der Waals surface area contributed by atoms with E-state index in [-0.39, 0.29) is 16.9 Å². The van der Waals surface area contributed by atoms with Crippen LogP contribution in [-0.2, 0) is 0 Å². The highest BCUT2D eigenvalue weighted by Gasteiger charge is 2.12. The molecule has 10 heteroatoms. The van der Waals surface area contributed by atoms with E-state index >= 15 is 0 Å². The molecule has 23 heavy (non-hydrogen) atoms. The average molecular weight is 308 g/mol. The van der Waals surface area contributed by atoms with Gasteiger partial charge in [0, 0.05) is 12.1 Å². The van der Waals surface area contributed by atoms with E-state index in [1.807, 2.05) is 6.07 Å². The maximum absolute atomic E-state index is 10.7. The zero-order chi connectivity index (χ0) is 16.4. The fourth-order valence-electron chi connectivity index (χ4n) is 1.94. The summed E-state index contributed by atoms with van der Waals surface area (Å²) in [4.78, 5) is 10.1. The normalized spacial score (nSPS) is 10.9. The quantitative estimate of drug-likeness (QED) is 0.327. The zero-order valence-corrected chi connectivity index (χ0v) is 11.5. The van der Waals surface area contributed by atoms with Crippen LogP contribution in [0.25, 0.3) is 11.0 Å². The molecule has 3 aromatic rings. The van der Waals surface area contributed by atoms with E-state index in [2.05, 4.69) is 25.6 Å². The first-order valence-electron chi connectivity index (χ1n) is 6.29. The Morgan fingerprint density at radius 2 is 2.09 bits per heavy atom. The van der Waals surface area contributed by atoms with Crippen molar-refractivity contribution < 1.29 is 4.92 Å². The minimum absolute atomic E-state index is 0.0360. The second-order valence-electron chi connectivity index (χ2n) is 4.47. The number of aromatic amines is 1. The number of nitrogens with one attached hydrogen (secondary N) is 1. The number of H-pyrrole nitrogens is 1. The number of nitrogens with two attached hydrogens (primary N) is 1. The molecule has 0 saturated carbocycles. The second-order valence-corrected chi connectivity index (χ2v) is 4.47. The van der Waals surface area contributed by atoms with Crippen LogP contribution in [0.2, 0.25) is 0 Å². The topological polar surface area (TPSA) is 159 Å². The van der Waals surface area contributed by atoms with E-state index in [1.54, 1.807) is 12.1 Å². The molecule has 0 unspecified atom stereocenters. The number of non-ortho nitro benzene ring substituents is 1. The van der Waals surface area contributed by atoms with Gasteiger partial charge in [-0.15, -0.1) is 10.2 Å². The molecule has 112 valence electrons. The first-order valence-corrected chi connectivity index (χ1v) is 6.29. The van der Waals surface area contributed by atoms with Gasteiger partial charge < -0.3 is 5.73 Å². The molecule has 0 saturated heterocycles. The fourth-order valence-corrected chi connectivity index (χ4v) is 1.94. The Morgan fingerprint density at radius 1 is 1.26 bits per heavy atom. The monoisotopic (exact) mass is 308 g/mol. The molecule has 0 atom stereocenters. The number of benzene rings is 2. The van der Waals surface area contributed by atoms with Crippen LogP contribution >= 0.6 is 0 Å². The third-order valence-corrected chi connectivity index (χ3v) is 3.06. The first-order chi connectivity index (χ1) is 11.1. The highest BCUT2D eigenvalue weighted by molar-refractivity contribution is 5.92. The largest absolute Gasteiger partial charge is 0.397 e. The predicted molar refractivity (Wildman–Crippen MR) is 80.3 cm³/mol. The molecule has 0 radical (unpaired) electrons. The van der Waals surface area contributed by atoms with Crippen LogP contribution in [0.3, 0.4) is 0 Å². The highest BCUT2D eigenvalue weighted by Crippen LogP contribution is 2.32. The summed E-state index contributed by atoms with van der Waals surface area (Å²) in [6, 6.07) is 8.87. The summed E-state index contributed by atoms with van der Waals surface area (Å²) >= 11 is 0. The van der Waals surface area contributed by atoms with Crippen molar-refractivity contribution in [3.8, 4) is 6.07 Å². The maximum Gasteiger partial charge on any atom is 0.270 e. The Morgan fingerprint density at radius 3 is 2.83 bits per heavy atom. The van der Waals surface area contributed by atoms with Gasteiger partial charge in [0.25, 0.3) is 5.69 Å². The second kappa shape index (κ2) is 5.49. The number of hydrogen-bond donors (Lipinski definition) is 2. The number of rotatable bonds is 3. The lowest BCUT2D eigenvalue weighted by Gasteiger charge is -2.00. The number of nitriles is 1. The van der Waals surface area contributed by atoms with E-state index in [4.69, 9.17) is 11.0 Å². The van der Waals surface area contributed by atoms with Crippen molar-refractivity contribution in [2.24, 2.45) is 10.2 Å². The number of nitro benzene ring substituents is 1. The summed E-state index contributed by atoms with van der Waals surface area (Å²) < 4.78 is 0. The summed E-state index contributed by atoms with van der Waals surface area (Å²) in [5, 5.41) is 38.1. The van der Waals surface area contributed by atoms with Gasteiger partial charge in [-0.3, -0.25) is 10.1 Å². The Bertz CT molecular complexity index is 985. The van der Waals surface area contributed by atoms with Gasteiger partial charge in [0.05, 0.1) is 16.2 Å². The van der Waals surface area contributed by atoms with E-state index in [1.165, 1.54) is 12.1 Å². The number of nitro groups is 1. The van der Waals surface area contributed by atoms with Gasteiger partial charge in [0.2, 0.25) is 0 Å². The number of aromatic nitrogens is 3. The first kappa shape index (κ1) is 14.1. The summed E-state index contributed by atoms with van der Waals surface area (Å²) in [6.07, 6.45) is 0. The van der Waals surface area contributed by atoms with Crippen LogP contribution in [0.5, 0.6) is 0 Å². The minimum atomic E-state index is -0.587. The molecule has 10 nitrogen and oxygen atoms in total. The van der Waals surface area contributed by atoms with Crippen molar-refractivity contribution in [1.82, 2.24) is 15.4 Å². The lowest BCUT2D eigenvalue weighted by atomic mass is 10.2. The molecule has 0 aliphatic carbocycles. The van der Waals surface area contributed by atoms with Crippen molar-refractivity contribution >= 4 is 33.8 Å². The molecular weight excluding hydrogens is 300 g/mol. The van der Waals surface area contributed by atoms with Crippen molar-refractivity contribution in [3.05, 3.63) is 46.0 Å². The third kappa shape index (κ3) is 2.54. The summed E-state index contributed by atoms with van der Waals surface area (Å²) in [6.45, 7) is 0. The number of nitrogens with zero attached hydrogens (tertiary/aromatic N) is 6. The van der Waals surface area contributed by atoms with Gasteiger partial charge in [-0.25, -0.2) is 0 Å². The van der Waals surface area contributed by atoms with Crippen LogP contribution in [0, 0.1) is 21.4 Å². The average Bonchev–Trinajstić information content (AvgIpc) is 3.02. The molecular formula is C13H8N8O2. The molecule has 0 bridgehead atoms. The molecule has 1 aromatic heterocycles. The molecule has 2 aromatic carbocycles. The smallest absolute Gasteiger partial charge is 0.270 e. The standard InChI is InChI=1S/C13H8N8O2/c14-6-7-5-8(21(22)23)1-3-10(7)16-18-12-9(15)2-4-11-13(12)19-20-17-11/h1-5H,15H2,(H,17,19,20). The van der Waals surface area contributed by atoms with E-state index in [9.17, 15) is 10.1 Å². The van der Waals surface area contributed by atoms with Crippen molar-refractivity contribution in [2.75, 3.05) is 5.73 Å². The Balaban J connectivity index is 2.06. The third-order valence-electron chi connectivity index (χ3n) is 3.06. The Hall–Kier alpha value is -3.87. The summed E-state index contributed by atoms with van der Waals surface area (Å²) in [5.41, 5.74) is 7.54. The van der Waals surface area contributed by atoms with Gasteiger partial charge >= 0.3 is 0 Å². The molecule has 0 aliphatic rings. The molecule has 0 spiro atoms. The van der Waals surface area contributed by atoms with Gasteiger partial charge in [0.15, 0.2) is 0 Å². The summed E-state index contributed by atoms with van der Waals surface area (Å²) in [5.74, 6) is 0. The van der Waals surface area contributed by atoms with Gasteiger partial charge in [0.1, 0.15) is 28.5 Å².